The lowest BCUT2D eigenvalue weighted by molar-refractivity contribution is -0.139. The van der Waals surface area contributed by atoms with Gasteiger partial charge in [-0.25, -0.2) is 4.39 Å². The van der Waals surface area contributed by atoms with Gasteiger partial charge in [-0.05, 0) is 53.9 Å². The van der Waals surface area contributed by atoms with Crippen LogP contribution < -0.4 is 14.2 Å². The second kappa shape index (κ2) is 10.5. The lowest BCUT2D eigenvalue weighted by Gasteiger charge is -2.26. The molecular weight excluding hydrogens is 465 g/mol. The molecule has 1 unspecified atom stereocenters. The van der Waals surface area contributed by atoms with Gasteiger partial charge in [0.1, 0.15) is 11.6 Å². The maximum Gasteiger partial charge on any atom is 0.295 e. The van der Waals surface area contributed by atoms with Gasteiger partial charge in [0.15, 0.2) is 11.5 Å². The van der Waals surface area contributed by atoms with Crippen LogP contribution in [0.25, 0.3) is 5.76 Å². The van der Waals surface area contributed by atoms with E-state index in [1.54, 1.807) is 12.1 Å². The fourth-order valence-electron chi connectivity index (χ4n) is 4.37. The van der Waals surface area contributed by atoms with Gasteiger partial charge in [0.2, 0.25) is 5.75 Å². The van der Waals surface area contributed by atoms with Crippen LogP contribution in [0.2, 0.25) is 0 Å². The molecule has 1 fully saturated rings. The average Bonchev–Trinajstić information content (AvgIpc) is 3.16. The van der Waals surface area contributed by atoms with Crippen molar-refractivity contribution in [1.82, 2.24) is 4.90 Å². The predicted octanol–water partition coefficient (Wildman–Crippen LogP) is 4.52. The van der Waals surface area contributed by atoms with Crippen molar-refractivity contribution >= 4 is 17.4 Å². The Morgan fingerprint density at radius 1 is 0.917 bits per heavy atom. The van der Waals surface area contributed by atoms with E-state index in [9.17, 15) is 19.1 Å². The molecule has 0 saturated carbocycles. The smallest absolute Gasteiger partial charge is 0.295 e. The largest absolute Gasteiger partial charge is 0.507 e. The summed E-state index contributed by atoms with van der Waals surface area (Å²) < 4.78 is 29.9. The molecule has 1 atom stereocenters. The Hall–Kier alpha value is -4.33. The zero-order chi connectivity index (χ0) is 25.8. The second-order valence-corrected chi connectivity index (χ2v) is 8.19. The van der Waals surface area contributed by atoms with Crippen molar-refractivity contribution in [3.63, 3.8) is 0 Å². The second-order valence-electron chi connectivity index (χ2n) is 8.19. The molecule has 3 aromatic carbocycles. The number of aliphatic hydroxyl groups excluding tert-OH is 1. The molecule has 0 radical (unpaired) electrons. The molecule has 1 saturated heterocycles. The van der Waals surface area contributed by atoms with Crippen molar-refractivity contribution in [2.45, 2.75) is 12.5 Å². The fourth-order valence-corrected chi connectivity index (χ4v) is 4.37. The normalized spacial score (nSPS) is 16.8. The molecule has 4 rings (SSSR count). The third kappa shape index (κ3) is 4.62. The molecule has 186 valence electrons. The summed E-state index contributed by atoms with van der Waals surface area (Å²) in [6.07, 6.45) is 0.491. The maximum atomic E-state index is 13.5. The molecule has 8 heteroatoms. The van der Waals surface area contributed by atoms with Crippen molar-refractivity contribution < 1.29 is 33.3 Å². The first-order valence-corrected chi connectivity index (χ1v) is 11.3. The molecule has 7 nitrogen and oxygen atoms in total. The number of carbonyl (C=O) groups excluding carboxylic acids is 2. The van der Waals surface area contributed by atoms with Crippen molar-refractivity contribution in [3.05, 3.63) is 94.8 Å². The third-order valence-electron chi connectivity index (χ3n) is 6.14. The first kappa shape index (κ1) is 24.8. The van der Waals surface area contributed by atoms with Crippen LogP contribution >= 0.6 is 0 Å². The molecule has 36 heavy (non-hydrogen) atoms. The minimum atomic E-state index is -0.938. The van der Waals surface area contributed by atoms with Gasteiger partial charge in [0, 0.05) is 12.1 Å². The Balaban J connectivity index is 1.88. The Morgan fingerprint density at radius 2 is 1.53 bits per heavy atom. The molecule has 0 aromatic heterocycles. The lowest BCUT2D eigenvalue weighted by atomic mass is 9.94. The van der Waals surface area contributed by atoms with E-state index in [-0.39, 0.29) is 17.7 Å². The van der Waals surface area contributed by atoms with Gasteiger partial charge < -0.3 is 24.2 Å². The van der Waals surface area contributed by atoms with Crippen LogP contribution in [0.4, 0.5) is 4.39 Å². The van der Waals surface area contributed by atoms with Crippen LogP contribution in [0.5, 0.6) is 17.2 Å². The molecule has 0 aliphatic carbocycles. The Labute approximate surface area is 208 Å². The molecule has 1 N–H and O–H groups in total. The number of nitrogens with zero attached hydrogens (tertiary/aromatic N) is 1. The van der Waals surface area contributed by atoms with E-state index in [2.05, 4.69) is 0 Å². The van der Waals surface area contributed by atoms with E-state index in [4.69, 9.17) is 14.2 Å². The highest BCUT2D eigenvalue weighted by Crippen LogP contribution is 2.45. The van der Waals surface area contributed by atoms with Crippen LogP contribution in [0.1, 0.15) is 22.7 Å². The maximum absolute atomic E-state index is 13.5. The van der Waals surface area contributed by atoms with Gasteiger partial charge >= 0.3 is 0 Å². The summed E-state index contributed by atoms with van der Waals surface area (Å²) in [4.78, 5) is 27.9. The number of likely N-dealkylation sites (tertiary alicyclic amines) is 1. The lowest BCUT2D eigenvalue weighted by Crippen LogP contribution is -2.31. The highest BCUT2D eigenvalue weighted by molar-refractivity contribution is 6.46. The number of amides is 1. The third-order valence-corrected chi connectivity index (χ3v) is 6.14. The number of halogens is 1. The van der Waals surface area contributed by atoms with E-state index in [0.717, 1.165) is 5.56 Å². The Kier molecular flexibility index (Phi) is 7.24. The van der Waals surface area contributed by atoms with Gasteiger partial charge in [0.25, 0.3) is 11.7 Å². The van der Waals surface area contributed by atoms with Crippen molar-refractivity contribution in [3.8, 4) is 17.2 Å². The highest BCUT2D eigenvalue weighted by atomic mass is 19.1. The van der Waals surface area contributed by atoms with Crippen molar-refractivity contribution in [2.24, 2.45) is 0 Å². The van der Waals surface area contributed by atoms with Crippen LogP contribution in [0.15, 0.2) is 72.3 Å². The van der Waals surface area contributed by atoms with Crippen LogP contribution in [-0.2, 0) is 16.0 Å². The Morgan fingerprint density at radius 3 is 2.08 bits per heavy atom. The number of ether oxygens (including phenoxy) is 3. The predicted molar refractivity (Wildman–Crippen MR) is 132 cm³/mol. The van der Waals surface area contributed by atoms with E-state index in [0.29, 0.717) is 29.2 Å². The number of hydrogen-bond acceptors (Lipinski definition) is 6. The van der Waals surface area contributed by atoms with Gasteiger partial charge in [-0.1, -0.05) is 30.3 Å². The molecule has 1 aliphatic rings. The highest BCUT2D eigenvalue weighted by Gasteiger charge is 2.46. The summed E-state index contributed by atoms with van der Waals surface area (Å²) in [5, 5.41) is 11.2. The number of Topliss-reactive ketones (excluding diaryl/α,β-unsaturated/α-hetero) is 1. The number of methoxy groups -OCH3 is 3. The van der Waals surface area contributed by atoms with Crippen LogP contribution in [-0.4, -0.2) is 49.6 Å². The number of carbonyl (C=O) groups is 2. The van der Waals surface area contributed by atoms with Gasteiger partial charge in [-0.3, -0.25) is 9.59 Å². The summed E-state index contributed by atoms with van der Waals surface area (Å²) in [5.41, 5.74) is 1.59. The average molecular weight is 492 g/mol. The monoisotopic (exact) mass is 491 g/mol. The zero-order valence-electron chi connectivity index (χ0n) is 20.2. The van der Waals surface area contributed by atoms with Crippen LogP contribution in [0.3, 0.4) is 0 Å². The van der Waals surface area contributed by atoms with E-state index < -0.39 is 29.3 Å². The van der Waals surface area contributed by atoms with E-state index in [1.807, 2.05) is 30.3 Å². The summed E-state index contributed by atoms with van der Waals surface area (Å²) in [6.45, 7) is 0.218. The summed E-state index contributed by atoms with van der Waals surface area (Å²) in [6, 6.07) is 17.0. The first-order valence-electron chi connectivity index (χ1n) is 11.3. The minimum Gasteiger partial charge on any atom is -0.507 e. The van der Waals surface area contributed by atoms with Crippen molar-refractivity contribution in [2.75, 3.05) is 27.9 Å². The van der Waals surface area contributed by atoms with Crippen molar-refractivity contribution in [1.29, 1.82) is 0 Å². The SMILES string of the molecule is COc1cc(C2/C(=C(\O)c3ccc(F)cc3)C(=O)C(=O)N2CCc2ccccc2)cc(OC)c1OC. The summed E-state index contributed by atoms with van der Waals surface area (Å²) in [5.74, 6) is -1.43. The fraction of sp³-hybridized carbons (Fsp3) is 0.214. The van der Waals surface area contributed by atoms with Crippen LogP contribution in [0, 0.1) is 5.82 Å². The number of rotatable bonds is 8. The van der Waals surface area contributed by atoms with Gasteiger partial charge in [-0.2, -0.15) is 0 Å². The van der Waals surface area contributed by atoms with E-state index >= 15 is 0 Å². The topological polar surface area (TPSA) is 85.3 Å². The van der Waals surface area contributed by atoms with E-state index in [1.165, 1.54) is 50.5 Å². The molecule has 1 amide bonds. The zero-order valence-corrected chi connectivity index (χ0v) is 20.2. The van der Waals surface area contributed by atoms with Gasteiger partial charge in [-0.15, -0.1) is 0 Å². The quantitative estimate of drug-likeness (QED) is 0.283. The number of hydrogen-bond donors (Lipinski definition) is 1. The molecule has 0 spiro atoms. The standard InChI is InChI=1S/C28H26FNO6/c1-34-21-15-19(16-22(35-2)27(21)36-3)24-23(25(31)18-9-11-20(29)12-10-18)26(32)28(33)30(24)14-13-17-7-5-4-6-8-17/h4-12,15-16,24,31H,13-14H2,1-3H3/b25-23+. The van der Waals surface area contributed by atoms with Gasteiger partial charge in [0.05, 0.1) is 32.9 Å². The molecule has 0 bridgehead atoms. The Bertz CT molecular complexity index is 1280. The molecular formula is C28H26FNO6. The first-order chi connectivity index (χ1) is 17.4. The number of ketones is 1. The summed E-state index contributed by atoms with van der Waals surface area (Å²) >= 11 is 0. The number of aliphatic hydroxyl groups is 1. The minimum absolute atomic E-state index is 0.103. The molecule has 3 aromatic rings. The number of benzene rings is 3. The summed E-state index contributed by atoms with van der Waals surface area (Å²) in [7, 11) is 4.40. The molecule has 1 aliphatic heterocycles. The molecule has 1 heterocycles.